The Bertz CT molecular complexity index is 569. The molecule has 0 saturated carbocycles. The average molecular weight is 267 g/mol. The van der Waals surface area contributed by atoms with Gasteiger partial charge in [0.15, 0.2) is 10.6 Å². The molecule has 0 aliphatic rings. The van der Waals surface area contributed by atoms with Crippen molar-refractivity contribution in [2.45, 2.75) is 39.7 Å². The molecule has 2 rings (SSSR count). The molecule has 2 aromatic heterocycles. The number of hydrogen-bond acceptors (Lipinski definition) is 3. The third kappa shape index (κ3) is 2.21. The van der Waals surface area contributed by atoms with Crippen molar-refractivity contribution < 1.29 is 0 Å². The zero-order valence-corrected chi connectivity index (χ0v) is 12.2. The van der Waals surface area contributed by atoms with Crippen LogP contribution in [0.4, 0.5) is 0 Å². The molecule has 0 aromatic carbocycles. The van der Waals surface area contributed by atoms with Gasteiger partial charge in [-0.1, -0.05) is 6.92 Å². The van der Waals surface area contributed by atoms with Crippen molar-refractivity contribution in [3.8, 4) is 10.7 Å². The second kappa shape index (κ2) is 4.38. The molecule has 5 heteroatoms. The highest BCUT2D eigenvalue weighted by Gasteiger charge is 2.22. The van der Waals surface area contributed by atoms with Crippen LogP contribution >= 0.6 is 23.6 Å². The molecule has 0 fully saturated rings. The van der Waals surface area contributed by atoms with Gasteiger partial charge in [0.2, 0.25) is 0 Å². The third-order valence-corrected chi connectivity index (χ3v) is 3.90. The molecule has 0 radical (unpaired) electrons. The standard InChI is InChI=1S/C12H17N3S2/c1-5-8-6-7-17-9(8)10-13-14-11(16)15(10)12(2,3)4/h6-7H,5H2,1-4H3,(H,14,16). The minimum atomic E-state index is -0.0611. The molecule has 3 nitrogen and oxygen atoms in total. The summed E-state index contributed by atoms with van der Waals surface area (Å²) in [5.74, 6) is 0.953. The van der Waals surface area contributed by atoms with Gasteiger partial charge < -0.3 is 0 Å². The number of rotatable bonds is 2. The predicted molar refractivity (Wildman–Crippen MR) is 75.1 cm³/mol. The monoisotopic (exact) mass is 267 g/mol. The van der Waals surface area contributed by atoms with Crippen molar-refractivity contribution in [1.82, 2.24) is 14.8 Å². The Morgan fingerprint density at radius 2 is 2.18 bits per heavy atom. The summed E-state index contributed by atoms with van der Waals surface area (Å²) in [7, 11) is 0. The number of aryl methyl sites for hydroxylation is 1. The van der Waals surface area contributed by atoms with Gasteiger partial charge in [-0.15, -0.1) is 11.3 Å². The minimum absolute atomic E-state index is 0.0611. The highest BCUT2D eigenvalue weighted by Crippen LogP contribution is 2.31. The van der Waals surface area contributed by atoms with E-state index in [0.29, 0.717) is 4.77 Å². The summed E-state index contributed by atoms with van der Waals surface area (Å²) >= 11 is 7.05. The van der Waals surface area contributed by atoms with Crippen LogP contribution in [0, 0.1) is 4.77 Å². The molecule has 0 saturated heterocycles. The van der Waals surface area contributed by atoms with Crippen LogP contribution in [0.5, 0.6) is 0 Å². The molecule has 0 unspecified atom stereocenters. The van der Waals surface area contributed by atoms with Crippen LogP contribution in [0.25, 0.3) is 10.7 Å². The first kappa shape index (κ1) is 12.5. The summed E-state index contributed by atoms with van der Waals surface area (Å²) in [5, 5.41) is 9.41. The fraction of sp³-hybridized carbons (Fsp3) is 0.500. The molecule has 2 heterocycles. The number of aromatic amines is 1. The van der Waals surface area contributed by atoms with Crippen LogP contribution in [-0.4, -0.2) is 14.8 Å². The first-order valence-electron chi connectivity index (χ1n) is 5.69. The van der Waals surface area contributed by atoms with Crippen molar-refractivity contribution >= 4 is 23.6 Å². The Hall–Kier alpha value is -0.940. The highest BCUT2D eigenvalue weighted by atomic mass is 32.1. The number of nitrogens with one attached hydrogen (secondary N) is 1. The maximum absolute atomic E-state index is 5.32. The van der Waals surface area contributed by atoms with Gasteiger partial charge in [0, 0.05) is 5.54 Å². The fourth-order valence-electron chi connectivity index (χ4n) is 1.88. The molecule has 0 aliphatic carbocycles. The van der Waals surface area contributed by atoms with Crippen LogP contribution in [0.2, 0.25) is 0 Å². The van der Waals surface area contributed by atoms with Crippen LogP contribution in [-0.2, 0) is 12.0 Å². The van der Waals surface area contributed by atoms with Crippen molar-refractivity contribution in [3.63, 3.8) is 0 Å². The zero-order chi connectivity index (χ0) is 12.6. The third-order valence-electron chi connectivity index (χ3n) is 2.67. The molecule has 0 spiro atoms. The van der Waals surface area contributed by atoms with Gasteiger partial charge in [-0.3, -0.25) is 9.67 Å². The second-order valence-corrected chi connectivity index (χ2v) is 6.29. The van der Waals surface area contributed by atoms with E-state index >= 15 is 0 Å². The van der Waals surface area contributed by atoms with E-state index in [4.69, 9.17) is 12.2 Å². The Morgan fingerprint density at radius 3 is 2.76 bits per heavy atom. The van der Waals surface area contributed by atoms with Crippen LogP contribution in [0.1, 0.15) is 33.3 Å². The predicted octanol–water partition coefficient (Wildman–Crippen LogP) is 3.99. The summed E-state index contributed by atoms with van der Waals surface area (Å²) in [6.45, 7) is 8.58. The number of H-pyrrole nitrogens is 1. The number of aromatic nitrogens is 3. The van der Waals surface area contributed by atoms with E-state index < -0.39 is 0 Å². The van der Waals surface area contributed by atoms with Crippen molar-refractivity contribution in [2.24, 2.45) is 0 Å². The molecule has 1 N–H and O–H groups in total. The van der Waals surface area contributed by atoms with Crippen molar-refractivity contribution in [1.29, 1.82) is 0 Å². The van der Waals surface area contributed by atoms with Gasteiger partial charge in [-0.25, -0.2) is 0 Å². The van der Waals surface area contributed by atoms with E-state index in [0.717, 1.165) is 12.2 Å². The van der Waals surface area contributed by atoms with E-state index in [-0.39, 0.29) is 5.54 Å². The summed E-state index contributed by atoms with van der Waals surface area (Å²) < 4.78 is 2.77. The normalized spacial score (nSPS) is 12.0. The Kier molecular flexibility index (Phi) is 3.23. The van der Waals surface area contributed by atoms with Gasteiger partial charge in [0.05, 0.1) is 4.88 Å². The Morgan fingerprint density at radius 1 is 1.47 bits per heavy atom. The fourth-order valence-corrected chi connectivity index (χ4v) is 3.26. The molecule has 0 atom stereocenters. The molecular weight excluding hydrogens is 250 g/mol. The highest BCUT2D eigenvalue weighted by molar-refractivity contribution is 7.71. The lowest BCUT2D eigenvalue weighted by Crippen LogP contribution is -2.22. The van der Waals surface area contributed by atoms with E-state index in [1.165, 1.54) is 10.4 Å². The van der Waals surface area contributed by atoms with Crippen molar-refractivity contribution in [3.05, 3.63) is 21.8 Å². The molecule has 92 valence electrons. The Labute approximate surface area is 111 Å². The largest absolute Gasteiger partial charge is 0.294 e. The summed E-state index contributed by atoms with van der Waals surface area (Å²) in [4.78, 5) is 1.22. The van der Waals surface area contributed by atoms with Gasteiger partial charge in [0.25, 0.3) is 0 Å². The molecule has 0 aliphatic heterocycles. The van der Waals surface area contributed by atoms with Crippen LogP contribution in [0.15, 0.2) is 11.4 Å². The van der Waals surface area contributed by atoms with Gasteiger partial charge in [0.1, 0.15) is 0 Å². The first-order valence-corrected chi connectivity index (χ1v) is 6.98. The van der Waals surface area contributed by atoms with E-state index in [2.05, 4.69) is 53.9 Å². The first-order chi connectivity index (χ1) is 7.95. The SMILES string of the molecule is CCc1ccsc1-c1n[nH]c(=S)n1C(C)(C)C. The lowest BCUT2D eigenvalue weighted by molar-refractivity contribution is 0.395. The average Bonchev–Trinajstić information content (AvgIpc) is 2.81. The number of nitrogens with zero attached hydrogens (tertiary/aromatic N) is 2. The maximum atomic E-state index is 5.32. The smallest absolute Gasteiger partial charge is 0.195 e. The number of thiophene rings is 1. The Balaban J connectivity index is 2.66. The second-order valence-electron chi connectivity index (χ2n) is 4.99. The van der Waals surface area contributed by atoms with Gasteiger partial charge in [-0.2, -0.15) is 5.10 Å². The zero-order valence-electron chi connectivity index (χ0n) is 10.6. The summed E-state index contributed by atoms with van der Waals surface area (Å²) in [6, 6.07) is 2.16. The molecule has 0 amide bonds. The minimum Gasteiger partial charge on any atom is -0.294 e. The van der Waals surface area contributed by atoms with E-state index in [9.17, 15) is 0 Å². The topological polar surface area (TPSA) is 33.6 Å². The lowest BCUT2D eigenvalue weighted by Gasteiger charge is -2.22. The van der Waals surface area contributed by atoms with Crippen molar-refractivity contribution in [2.75, 3.05) is 0 Å². The quantitative estimate of drug-likeness (QED) is 0.835. The van der Waals surface area contributed by atoms with Gasteiger partial charge >= 0.3 is 0 Å². The molecule has 0 bridgehead atoms. The van der Waals surface area contributed by atoms with E-state index in [1.54, 1.807) is 11.3 Å². The molecular formula is C12H17N3S2. The lowest BCUT2D eigenvalue weighted by atomic mass is 10.1. The molecule has 17 heavy (non-hydrogen) atoms. The maximum Gasteiger partial charge on any atom is 0.195 e. The van der Waals surface area contributed by atoms with E-state index in [1.807, 2.05) is 0 Å². The summed E-state index contributed by atoms with van der Waals surface area (Å²) in [6.07, 6.45) is 1.02. The molecule has 2 aromatic rings. The number of hydrogen-bond donors (Lipinski definition) is 1. The van der Waals surface area contributed by atoms with Gasteiger partial charge in [-0.05, 0) is 56.4 Å². The van der Waals surface area contributed by atoms with Crippen LogP contribution < -0.4 is 0 Å². The van der Waals surface area contributed by atoms with Crippen LogP contribution in [0.3, 0.4) is 0 Å². The summed E-state index contributed by atoms with van der Waals surface area (Å²) in [5.41, 5.74) is 1.27.